The van der Waals surface area contributed by atoms with Gasteiger partial charge in [-0.05, 0) is 79.8 Å². The van der Waals surface area contributed by atoms with Gasteiger partial charge in [0.2, 0.25) is 0 Å². The van der Waals surface area contributed by atoms with E-state index in [1.165, 1.54) is 7.11 Å². The summed E-state index contributed by atoms with van der Waals surface area (Å²) < 4.78 is 4.88. The first-order valence-corrected chi connectivity index (χ1v) is 10.8. The molecule has 0 spiro atoms. The molecule has 0 saturated heterocycles. The molecule has 1 fully saturated rings. The van der Waals surface area contributed by atoms with E-state index in [9.17, 15) is 9.59 Å². The number of benzene rings is 1. The number of carbonyl (C=O) groups is 2. The van der Waals surface area contributed by atoms with Crippen molar-refractivity contribution in [2.75, 3.05) is 7.11 Å². The van der Waals surface area contributed by atoms with Crippen molar-refractivity contribution in [1.82, 2.24) is 10.3 Å². The molecule has 2 aromatic rings. The van der Waals surface area contributed by atoms with E-state index >= 15 is 0 Å². The molecule has 30 heavy (non-hydrogen) atoms. The molecule has 1 aliphatic carbocycles. The molecule has 6 heteroatoms. The van der Waals surface area contributed by atoms with Gasteiger partial charge in [0.1, 0.15) is 5.69 Å². The predicted molar refractivity (Wildman–Crippen MR) is 119 cm³/mol. The lowest BCUT2D eigenvalue weighted by Crippen LogP contribution is -2.38. The number of hydrogen-bond acceptors (Lipinski definition) is 4. The van der Waals surface area contributed by atoms with Gasteiger partial charge in [-0.15, -0.1) is 0 Å². The van der Waals surface area contributed by atoms with E-state index < -0.39 is 0 Å². The Morgan fingerprint density at radius 2 is 1.77 bits per heavy atom. The molecule has 1 N–H and O–H groups in total. The van der Waals surface area contributed by atoms with Crippen molar-refractivity contribution in [2.45, 2.75) is 58.9 Å². The second kappa shape index (κ2) is 9.61. The van der Waals surface area contributed by atoms with Crippen molar-refractivity contribution < 1.29 is 14.3 Å². The fourth-order valence-corrected chi connectivity index (χ4v) is 4.29. The zero-order valence-corrected chi connectivity index (χ0v) is 18.8. The summed E-state index contributed by atoms with van der Waals surface area (Å²) in [6.07, 6.45) is 4.34. The maximum Gasteiger partial charge on any atom is 0.310 e. The minimum atomic E-state index is -0.344. The fraction of sp³-hybridized carbons (Fsp3) is 0.458. The van der Waals surface area contributed by atoms with Gasteiger partial charge in [-0.2, -0.15) is 0 Å². The SMILES string of the molecule is COC(=O)Cc1c(C)nc(C(=O)NC2CCC(C)CC2)c(C)c1-c1ccc(Cl)cc1. The number of aromatic nitrogens is 1. The summed E-state index contributed by atoms with van der Waals surface area (Å²) in [5, 5.41) is 3.79. The number of halogens is 1. The molecular formula is C24H29ClN2O3. The van der Waals surface area contributed by atoms with Crippen LogP contribution in [0.2, 0.25) is 5.02 Å². The number of carbonyl (C=O) groups excluding carboxylic acids is 2. The fourth-order valence-electron chi connectivity index (χ4n) is 4.16. The number of aryl methyl sites for hydroxylation is 1. The summed E-state index contributed by atoms with van der Waals surface area (Å²) in [6.45, 7) is 5.97. The number of amides is 1. The summed E-state index contributed by atoms with van der Waals surface area (Å²) in [6, 6.07) is 7.59. The van der Waals surface area contributed by atoms with Crippen molar-refractivity contribution in [3.05, 3.63) is 51.8 Å². The molecule has 160 valence electrons. The van der Waals surface area contributed by atoms with Crippen molar-refractivity contribution >= 4 is 23.5 Å². The van der Waals surface area contributed by atoms with Gasteiger partial charge < -0.3 is 10.1 Å². The highest BCUT2D eigenvalue weighted by Crippen LogP contribution is 2.32. The molecule has 5 nitrogen and oxygen atoms in total. The third-order valence-corrected chi connectivity index (χ3v) is 6.25. The molecule has 1 aliphatic rings. The average Bonchev–Trinajstić information content (AvgIpc) is 2.73. The second-order valence-corrected chi connectivity index (χ2v) is 8.65. The second-order valence-electron chi connectivity index (χ2n) is 8.21. The molecule has 0 bridgehead atoms. The molecule has 3 rings (SSSR count). The Kier molecular flexibility index (Phi) is 7.14. The van der Waals surface area contributed by atoms with Crippen molar-refractivity contribution in [3.63, 3.8) is 0 Å². The van der Waals surface area contributed by atoms with Crippen LogP contribution in [-0.4, -0.2) is 30.0 Å². The first kappa shape index (κ1) is 22.3. The zero-order chi connectivity index (χ0) is 21.8. The van der Waals surface area contributed by atoms with Gasteiger partial charge in [0.15, 0.2) is 0 Å². The average molecular weight is 429 g/mol. The van der Waals surface area contributed by atoms with Crippen LogP contribution in [0.1, 0.15) is 59.9 Å². The molecule has 1 aromatic heterocycles. The summed E-state index contributed by atoms with van der Waals surface area (Å²) in [7, 11) is 1.37. The van der Waals surface area contributed by atoms with Gasteiger partial charge in [-0.3, -0.25) is 9.59 Å². The number of ether oxygens (including phenoxy) is 1. The van der Waals surface area contributed by atoms with E-state index in [4.69, 9.17) is 16.3 Å². The Morgan fingerprint density at radius 1 is 1.13 bits per heavy atom. The maximum atomic E-state index is 13.1. The first-order valence-electron chi connectivity index (χ1n) is 10.4. The Labute approximate surface area is 183 Å². The first-order chi connectivity index (χ1) is 14.3. The quantitative estimate of drug-likeness (QED) is 0.677. The maximum absolute atomic E-state index is 13.1. The van der Waals surface area contributed by atoms with Crippen molar-refractivity contribution in [1.29, 1.82) is 0 Å². The minimum absolute atomic E-state index is 0.0938. The third kappa shape index (κ3) is 5.01. The highest BCUT2D eigenvalue weighted by molar-refractivity contribution is 6.30. The topological polar surface area (TPSA) is 68.3 Å². The molecule has 0 radical (unpaired) electrons. The summed E-state index contributed by atoms with van der Waals surface area (Å²) in [4.78, 5) is 29.7. The summed E-state index contributed by atoms with van der Waals surface area (Å²) in [5.41, 5.74) is 4.31. The van der Waals surface area contributed by atoms with E-state index in [1.807, 2.05) is 26.0 Å². The number of hydrogen-bond donors (Lipinski definition) is 1. The van der Waals surface area contributed by atoms with Crippen LogP contribution in [0.5, 0.6) is 0 Å². The van der Waals surface area contributed by atoms with Crippen molar-refractivity contribution in [2.24, 2.45) is 5.92 Å². The number of methoxy groups -OCH3 is 1. The molecule has 1 aromatic carbocycles. The zero-order valence-electron chi connectivity index (χ0n) is 18.0. The molecule has 1 heterocycles. The summed E-state index contributed by atoms with van der Waals surface area (Å²) in [5.74, 6) is 0.215. The highest BCUT2D eigenvalue weighted by Gasteiger charge is 2.25. The lowest BCUT2D eigenvalue weighted by molar-refractivity contribution is -0.139. The van der Waals surface area contributed by atoms with Gasteiger partial charge in [-0.1, -0.05) is 30.7 Å². The van der Waals surface area contributed by atoms with Crippen LogP contribution >= 0.6 is 11.6 Å². The number of rotatable bonds is 5. The molecule has 0 atom stereocenters. The summed E-state index contributed by atoms with van der Waals surface area (Å²) >= 11 is 6.07. The Hall–Kier alpha value is -2.40. The van der Waals surface area contributed by atoms with Crippen LogP contribution in [-0.2, 0) is 16.0 Å². The van der Waals surface area contributed by atoms with Crippen LogP contribution in [0.4, 0.5) is 0 Å². The van der Waals surface area contributed by atoms with Gasteiger partial charge in [0, 0.05) is 16.8 Å². The smallest absolute Gasteiger partial charge is 0.310 e. The Balaban J connectivity index is 2.01. The van der Waals surface area contributed by atoms with Crippen LogP contribution in [0, 0.1) is 19.8 Å². The molecular weight excluding hydrogens is 400 g/mol. The number of esters is 1. The third-order valence-electron chi connectivity index (χ3n) is 6.00. The van der Waals surface area contributed by atoms with E-state index in [2.05, 4.69) is 17.2 Å². The van der Waals surface area contributed by atoms with E-state index in [0.717, 1.165) is 53.9 Å². The van der Waals surface area contributed by atoms with Gasteiger partial charge >= 0.3 is 5.97 Å². The standard InChI is InChI=1S/C24H29ClN2O3/c1-14-5-11-19(12-6-14)27-24(29)23-15(2)22(17-7-9-18(25)10-8-17)20(16(3)26-23)13-21(28)30-4/h7-10,14,19H,5-6,11-13H2,1-4H3,(H,27,29). The molecule has 1 saturated carbocycles. The number of pyridine rings is 1. The van der Waals surface area contributed by atoms with E-state index in [0.29, 0.717) is 16.4 Å². The van der Waals surface area contributed by atoms with E-state index in [1.54, 1.807) is 12.1 Å². The lowest BCUT2D eigenvalue weighted by atomic mass is 9.87. The van der Waals surface area contributed by atoms with Crippen LogP contribution in [0.15, 0.2) is 24.3 Å². The molecule has 1 amide bonds. The van der Waals surface area contributed by atoms with Gasteiger partial charge in [0.25, 0.3) is 5.91 Å². The normalized spacial score (nSPS) is 18.7. The lowest BCUT2D eigenvalue weighted by Gasteiger charge is -2.27. The number of nitrogens with zero attached hydrogens (tertiary/aromatic N) is 1. The van der Waals surface area contributed by atoms with E-state index in [-0.39, 0.29) is 24.3 Å². The predicted octanol–water partition coefficient (Wildman–Crippen LogP) is 5.04. The van der Waals surface area contributed by atoms with Gasteiger partial charge in [-0.25, -0.2) is 4.98 Å². The molecule has 0 aliphatic heterocycles. The Bertz CT molecular complexity index is 932. The molecule has 0 unspecified atom stereocenters. The highest BCUT2D eigenvalue weighted by atomic mass is 35.5. The Morgan fingerprint density at radius 3 is 2.37 bits per heavy atom. The van der Waals surface area contributed by atoms with Crippen LogP contribution in [0.3, 0.4) is 0 Å². The van der Waals surface area contributed by atoms with Crippen LogP contribution in [0.25, 0.3) is 11.1 Å². The van der Waals surface area contributed by atoms with Gasteiger partial charge in [0.05, 0.1) is 13.5 Å². The minimum Gasteiger partial charge on any atom is -0.469 e. The van der Waals surface area contributed by atoms with Crippen LogP contribution < -0.4 is 5.32 Å². The largest absolute Gasteiger partial charge is 0.469 e. The monoisotopic (exact) mass is 428 g/mol. The van der Waals surface area contributed by atoms with Crippen molar-refractivity contribution in [3.8, 4) is 11.1 Å². The number of nitrogens with one attached hydrogen (secondary N) is 1.